The number of hydrogen-bond donors (Lipinski definition) is 2. The highest BCUT2D eigenvalue weighted by Gasteiger charge is 2.20. The van der Waals surface area contributed by atoms with Crippen LogP contribution in [0.4, 0.5) is 0 Å². The molecule has 1 unspecified atom stereocenters. The van der Waals surface area contributed by atoms with Crippen molar-refractivity contribution in [3.63, 3.8) is 0 Å². The Labute approximate surface area is 142 Å². The Balaban J connectivity index is 2.27. The van der Waals surface area contributed by atoms with Crippen LogP contribution in [0.15, 0.2) is 46.2 Å². The summed E-state index contributed by atoms with van der Waals surface area (Å²) in [6.07, 6.45) is 1.34. The Morgan fingerprint density at radius 1 is 1.29 bits per heavy atom. The maximum absolute atomic E-state index is 12.5. The number of pyridine rings is 1. The Hall–Kier alpha value is -2.29. The largest absolute Gasteiger partial charge is 0.587 e. The number of carboxylic acids is 1. The van der Waals surface area contributed by atoms with E-state index in [-0.39, 0.29) is 18.7 Å². The van der Waals surface area contributed by atoms with Gasteiger partial charge in [0.2, 0.25) is 0 Å². The summed E-state index contributed by atoms with van der Waals surface area (Å²) in [4.78, 5) is 24.8. The number of carbonyl (C=O) groups is 1. The molecule has 1 aromatic heterocycles. The molecule has 0 saturated heterocycles. The number of aliphatic carboxylic acids is 1. The standard InChI is InChI=1S/C16H18N2O5S/c1-11-3-5-13(6-4-11)24(23)18-8-7-12(15(21)16(18)22)9-17(2)10-14(19)20/h3-8,21H,9-10H2,1-2H3,(H,19,20). The van der Waals surface area contributed by atoms with Crippen LogP contribution >= 0.6 is 0 Å². The lowest BCUT2D eigenvalue weighted by atomic mass is 10.2. The van der Waals surface area contributed by atoms with E-state index < -0.39 is 28.6 Å². The molecule has 2 N–H and O–H groups in total. The van der Waals surface area contributed by atoms with Gasteiger partial charge in [0.15, 0.2) is 10.6 Å². The minimum Gasteiger partial charge on any atom is -0.587 e. The number of aryl methyl sites for hydroxylation is 1. The molecule has 0 fully saturated rings. The molecule has 0 aliphatic carbocycles. The lowest BCUT2D eigenvalue weighted by molar-refractivity contribution is -0.138. The highest BCUT2D eigenvalue weighted by molar-refractivity contribution is 7.90. The molecule has 2 rings (SSSR count). The second-order valence-corrected chi connectivity index (χ2v) is 6.81. The molecule has 2 aromatic rings. The molecule has 128 valence electrons. The predicted molar refractivity (Wildman–Crippen MR) is 89.3 cm³/mol. The van der Waals surface area contributed by atoms with Crippen LogP contribution in [0.5, 0.6) is 5.75 Å². The first-order valence-corrected chi connectivity index (χ1v) is 8.23. The van der Waals surface area contributed by atoms with Crippen LogP contribution in [0.2, 0.25) is 0 Å². The van der Waals surface area contributed by atoms with Crippen molar-refractivity contribution in [1.82, 2.24) is 8.87 Å². The van der Waals surface area contributed by atoms with Gasteiger partial charge < -0.3 is 14.8 Å². The number of aromatic nitrogens is 1. The lowest BCUT2D eigenvalue weighted by Gasteiger charge is -2.16. The van der Waals surface area contributed by atoms with Crippen LogP contribution < -0.4 is 5.56 Å². The van der Waals surface area contributed by atoms with Gasteiger partial charge in [-0.1, -0.05) is 17.7 Å². The molecule has 24 heavy (non-hydrogen) atoms. The maximum Gasteiger partial charge on any atom is 0.335 e. The van der Waals surface area contributed by atoms with Crippen molar-refractivity contribution < 1.29 is 19.6 Å². The summed E-state index contributed by atoms with van der Waals surface area (Å²) in [6.45, 7) is 1.76. The third-order valence-corrected chi connectivity index (χ3v) is 4.68. The van der Waals surface area contributed by atoms with Gasteiger partial charge in [-0.25, -0.2) is 0 Å². The molecular formula is C16H18N2O5S. The van der Waals surface area contributed by atoms with Crippen molar-refractivity contribution in [3.8, 4) is 5.75 Å². The SMILES string of the molecule is Cc1ccc([S+]([O-])n2ccc(CN(C)CC(=O)O)c(O)c2=O)cc1. The van der Waals surface area contributed by atoms with Gasteiger partial charge in [-0.15, -0.1) is 3.97 Å². The third-order valence-electron chi connectivity index (χ3n) is 3.36. The molecular weight excluding hydrogens is 332 g/mol. The lowest BCUT2D eigenvalue weighted by Crippen LogP contribution is -2.29. The van der Waals surface area contributed by atoms with Crippen molar-refractivity contribution in [2.75, 3.05) is 13.6 Å². The summed E-state index contributed by atoms with van der Waals surface area (Å²) < 4.78 is 13.4. The summed E-state index contributed by atoms with van der Waals surface area (Å²) in [6, 6.07) is 8.34. The summed E-state index contributed by atoms with van der Waals surface area (Å²) in [5.41, 5.74) is 0.499. The van der Waals surface area contributed by atoms with Gasteiger partial charge in [0.25, 0.3) is 0 Å². The van der Waals surface area contributed by atoms with Crippen LogP contribution in [-0.2, 0) is 22.7 Å². The van der Waals surface area contributed by atoms with E-state index in [0.29, 0.717) is 4.90 Å². The van der Waals surface area contributed by atoms with Crippen LogP contribution in [-0.4, -0.2) is 43.2 Å². The zero-order valence-corrected chi connectivity index (χ0v) is 14.1. The number of likely N-dealkylation sites (N-methyl/N-ethyl adjacent to an activating group) is 1. The fraction of sp³-hybridized carbons (Fsp3) is 0.250. The first-order valence-electron chi connectivity index (χ1n) is 7.12. The topological polar surface area (TPSA) is 106 Å². The second kappa shape index (κ2) is 7.52. The highest BCUT2D eigenvalue weighted by atomic mass is 32.2. The van der Waals surface area contributed by atoms with Gasteiger partial charge in [-0.2, -0.15) is 0 Å². The Kier molecular flexibility index (Phi) is 5.66. The normalized spacial score (nSPS) is 12.3. The van der Waals surface area contributed by atoms with Crippen LogP contribution in [0.1, 0.15) is 11.1 Å². The average Bonchev–Trinajstić information content (AvgIpc) is 2.51. The summed E-state index contributed by atoms with van der Waals surface area (Å²) in [5, 5.41) is 18.8. The minimum atomic E-state index is -1.77. The van der Waals surface area contributed by atoms with Gasteiger partial charge in [-0.05, 0) is 32.2 Å². The first kappa shape index (κ1) is 18.1. The van der Waals surface area contributed by atoms with E-state index in [1.165, 1.54) is 17.2 Å². The van der Waals surface area contributed by atoms with Crippen molar-refractivity contribution in [3.05, 3.63) is 58.0 Å². The van der Waals surface area contributed by atoms with Crippen molar-refractivity contribution in [1.29, 1.82) is 0 Å². The number of hydrogen-bond acceptors (Lipinski definition) is 5. The van der Waals surface area contributed by atoms with Crippen LogP contribution in [0.3, 0.4) is 0 Å². The Bertz CT molecular complexity index is 788. The first-order chi connectivity index (χ1) is 11.3. The fourth-order valence-electron chi connectivity index (χ4n) is 2.15. The summed E-state index contributed by atoms with van der Waals surface area (Å²) >= 11 is -1.77. The zero-order chi connectivity index (χ0) is 17.9. The summed E-state index contributed by atoms with van der Waals surface area (Å²) in [5.74, 6) is -1.54. The van der Waals surface area contributed by atoms with Gasteiger partial charge in [0, 0.05) is 12.1 Å². The van der Waals surface area contributed by atoms with E-state index in [0.717, 1.165) is 9.54 Å². The van der Waals surface area contributed by atoms with E-state index >= 15 is 0 Å². The smallest absolute Gasteiger partial charge is 0.335 e. The van der Waals surface area contributed by atoms with Crippen LogP contribution in [0, 0.1) is 6.92 Å². The second-order valence-electron chi connectivity index (χ2n) is 5.45. The maximum atomic E-state index is 12.5. The fourth-order valence-corrected chi connectivity index (χ4v) is 3.15. The zero-order valence-electron chi connectivity index (χ0n) is 13.3. The number of carboxylic acid groups (broad SMARTS) is 1. The molecule has 0 aliphatic rings. The van der Waals surface area contributed by atoms with Crippen molar-refractivity contribution in [2.24, 2.45) is 0 Å². The molecule has 1 aromatic carbocycles. The van der Waals surface area contributed by atoms with Crippen LogP contribution in [0.25, 0.3) is 0 Å². The van der Waals surface area contributed by atoms with E-state index in [9.17, 15) is 19.2 Å². The Morgan fingerprint density at radius 3 is 2.50 bits per heavy atom. The number of rotatable bonds is 6. The van der Waals surface area contributed by atoms with E-state index in [2.05, 4.69) is 0 Å². The number of benzene rings is 1. The van der Waals surface area contributed by atoms with Gasteiger partial charge >= 0.3 is 11.5 Å². The quantitative estimate of drug-likeness (QED) is 0.752. The van der Waals surface area contributed by atoms with Gasteiger partial charge in [-0.3, -0.25) is 14.5 Å². The average molecular weight is 350 g/mol. The molecule has 0 amide bonds. The highest BCUT2D eigenvalue weighted by Crippen LogP contribution is 2.17. The molecule has 1 atom stereocenters. The van der Waals surface area contributed by atoms with Gasteiger partial charge in [0.05, 0.1) is 12.7 Å². The van der Waals surface area contributed by atoms with Crippen molar-refractivity contribution in [2.45, 2.75) is 18.4 Å². The molecule has 0 saturated carbocycles. The van der Waals surface area contributed by atoms with Gasteiger partial charge in [0.1, 0.15) is 11.4 Å². The molecule has 8 heteroatoms. The van der Waals surface area contributed by atoms with Crippen molar-refractivity contribution >= 4 is 17.3 Å². The van der Waals surface area contributed by atoms with E-state index in [1.54, 1.807) is 31.3 Å². The molecule has 0 aliphatic heterocycles. The third kappa shape index (κ3) is 4.16. The minimum absolute atomic E-state index is 0.0887. The Morgan fingerprint density at radius 2 is 1.92 bits per heavy atom. The van der Waals surface area contributed by atoms with E-state index in [4.69, 9.17) is 5.11 Å². The molecule has 0 spiro atoms. The number of aromatic hydroxyl groups is 1. The summed E-state index contributed by atoms with van der Waals surface area (Å²) in [7, 11) is 1.56. The molecule has 7 nitrogen and oxygen atoms in total. The number of nitrogens with zero attached hydrogens (tertiary/aromatic N) is 2. The molecule has 0 bridgehead atoms. The predicted octanol–water partition coefficient (Wildman–Crippen LogP) is 0.950. The molecule has 1 heterocycles. The molecule has 0 radical (unpaired) electrons. The van der Waals surface area contributed by atoms with E-state index in [1.807, 2.05) is 6.92 Å². The monoisotopic (exact) mass is 350 g/mol.